The number of hydrogen-bond acceptors (Lipinski definition) is 3. The van der Waals surface area contributed by atoms with Gasteiger partial charge in [-0.1, -0.05) is 24.3 Å². The van der Waals surface area contributed by atoms with Crippen LogP contribution in [0, 0.1) is 6.92 Å². The molecule has 0 amide bonds. The maximum absolute atomic E-state index is 12.0. The largest absolute Gasteiger partial charge is 0.385 e. The molecule has 0 aliphatic carbocycles. The molecule has 18 heavy (non-hydrogen) atoms. The molecule has 0 spiro atoms. The van der Waals surface area contributed by atoms with E-state index in [1.165, 1.54) is 0 Å². The lowest BCUT2D eigenvalue weighted by atomic mass is 10.0. The zero-order valence-corrected chi connectivity index (χ0v) is 11.6. The van der Waals surface area contributed by atoms with Gasteiger partial charge in [-0.05, 0) is 26.0 Å². The van der Waals surface area contributed by atoms with E-state index in [0.717, 1.165) is 37.2 Å². The minimum Gasteiger partial charge on any atom is -0.385 e. The van der Waals surface area contributed by atoms with Gasteiger partial charge in [-0.15, -0.1) is 0 Å². The fraction of sp³-hybridized carbons (Fsp3) is 0.533. The molecule has 0 saturated carbocycles. The Morgan fingerprint density at radius 1 is 1.28 bits per heavy atom. The Kier molecular flexibility index (Phi) is 6.61. The number of carbonyl (C=O) groups excluding carboxylic acids is 1. The molecule has 0 fully saturated rings. The first-order chi connectivity index (χ1) is 8.65. The molecular formula is C15H23NO2. The highest BCUT2D eigenvalue weighted by Gasteiger charge is 2.09. The molecule has 100 valence electrons. The molecule has 0 aromatic heterocycles. The molecule has 0 heterocycles. The average Bonchev–Trinajstić information content (AvgIpc) is 2.37. The molecule has 0 atom stereocenters. The van der Waals surface area contributed by atoms with Crippen molar-refractivity contribution in [1.82, 2.24) is 4.90 Å². The second kappa shape index (κ2) is 8.01. The molecule has 0 bridgehead atoms. The van der Waals surface area contributed by atoms with Gasteiger partial charge >= 0.3 is 0 Å². The first-order valence-corrected chi connectivity index (χ1v) is 6.41. The number of Topliss-reactive ketones (excluding diaryl/α,β-unsaturated/α-hetero) is 1. The topological polar surface area (TPSA) is 29.5 Å². The van der Waals surface area contributed by atoms with Crippen LogP contribution in [0.4, 0.5) is 0 Å². The first-order valence-electron chi connectivity index (χ1n) is 6.41. The summed E-state index contributed by atoms with van der Waals surface area (Å²) in [6.45, 7) is 4.53. The first kappa shape index (κ1) is 14.9. The summed E-state index contributed by atoms with van der Waals surface area (Å²) in [6, 6.07) is 7.77. The standard InChI is InChI=1S/C15H23NO2/c1-13-7-4-5-8-14(13)15(17)9-11-16(2)10-6-12-18-3/h4-5,7-8H,6,9-12H2,1-3H3. The van der Waals surface area contributed by atoms with Crippen molar-refractivity contribution in [3.63, 3.8) is 0 Å². The van der Waals surface area contributed by atoms with E-state index in [1.807, 2.05) is 38.2 Å². The number of methoxy groups -OCH3 is 1. The van der Waals surface area contributed by atoms with E-state index in [9.17, 15) is 4.79 Å². The number of ketones is 1. The molecule has 0 saturated heterocycles. The molecule has 0 radical (unpaired) electrons. The molecule has 1 aromatic carbocycles. The lowest BCUT2D eigenvalue weighted by Crippen LogP contribution is -2.24. The zero-order valence-electron chi connectivity index (χ0n) is 11.6. The Morgan fingerprint density at radius 2 is 2.00 bits per heavy atom. The summed E-state index contributed by atoms with van der Waals surface area (Å²) in [5.41, 5.74) is 1.91. The van der Waals surface area contributed by atoms with Gasteiger partial charge in [-0.25, -0.2) is 0 Å². The third-order valence-corrected chi connectivity index (χ3v) is 3.05. The molecule has 0 aliphatic heterocycles. The summed E-state index contributed by atoms with van der Waals surface area (Å²) >= 11 is 0. The van der Waals surface area contributed by atoms with Crippen molar-refractivity contribution in [2.75, 3.05) is 33.9 Å². The summed E-state index contributed by atoms with van der Waals surface area (Å²) in [7, 11) is 3.75. The normalized spacial score (nSPS) is 10.9. The fourth-order valence-electron chi connectivity index (χ4n) is 1.90. The minimum absolute atomic E-state index is 0.228. The number of nitrogens with zero attached hydrogens (tertiary/aromatic N) is 1. The van der Waals surface area contributed by atoms with Crippen LogP contribution in [0.25, 0.3) is 0 Å². The second-order valence-electron chi connectivity index (χ2n) is 4.64. The predicted molar refractivity (Wildman–Crippen MR) is 74.1 cm³/mol. The van der Waals surface area contributed by atoms with E-state index >= 15 is 0 Å². The van der Waals surface area contributed by atoms with E-state index in [2.05, 4.69) is 4.90 Å². The van der Waals surface area contributed by atoms with Crippen molar-refractivity contribution in [1.29, 1.82) is 0 Å². The summed E-state index contributed by atoms with van der Waals surface area (Å²) in [6.07, 6.45) is 1.58. The highest BCUT2D eigenvalue weighted by molar-refractivity contribution is 5.97. The van der Waals surface area contributed by atoms with Gasteiger partial charge in [-0.3, -0.25) is 4.79 Å². The third-order valence-electron chi connectivity index (χ3n) is 3.05. The quantitative estimate of drug-likeness (QED) is 0.524. The Balaban J connectivity index is 2.35. The Morgan fingerprint density at radius 3 is 2.67 bits per heavy atom. The van der Waals surface area contributed by atoms with Gasteiger partial charge in [0.2, 0.25) is 0 Å². The van der Waals surface area contributed by atoms with Gasteiger partial charge in [0.1, 0.15) is 0 Å². The third kappa shape index (κ3) is 4.98. The predicted octanol–water partition coefficient (Wildman–Crippen LogP) is 2.54. The Hall–Kier alpha value is -1.19. The molecule has 3 heteroatoms. The van der Waals surface area contributed by atoms with Crippen LogP contribution in [0.5, 0.6) is 0 Å². The highest BCUT2D eigenvalue weighted by Crippen LogP contribution is 2.10. The Labute approximate surface area is 110 Å². The molecule has 1 aromatic rings. The number of ether oxygens (including phenoxy) is 1. The Bertz CT molecular complexity index is 377. The molecule has 3 nitrogen and oxygen atoms in total. The molecule has 0 N–H and O–H groups in total. The van der Waals surface area contributed by atoms with Crippen molar-refractivity contribution in [2.45, 2.75) is 19.8 Å². The van der Waals surface area contributed by atoms with E-state index in [0.29, 0.717) is 6.42 Å². The smallest absolute Gasteiger partial charge is 0.164 e. The van der Waals surface area contributed by atoms with Crippen LogP contribution in [0.3, 0.4) is 0 Å². The number of hydrogen-bond donors (Lipinski definition) is 0. The SMILES string of the molecule is COCCCN(C)CCC(=O)c1ccccc1C. The van der Waals surface area contributed by atoms with Gasteiger partial charge in [0, 0.05) is 38.8 Å². The van der Waals surface area contributed by atoms with E-state index in [-0.39, 0.29) is 5.78 Å². The molecule has 0 unspecified atom stereocenters. The van der Waals surface area contributed by atoms with E-state index in [1.54, 1.807) is 7.11 Å². The van der Waals surface area contributed by atoms with Gasteiger partial charge < -0.3 is 9.64 Å². The summed E-state index contributed by atoms with van der Waals surface area (Å²) in [4.78, 5) is 14.2. The monoisotopic (exact) mass is 249 g/mol. The van der Waals surface area contributed by atoms with Crippen LogP contribution in [0.1, 0.15) is 28.8 Å². The molecule has 0 aliphatic rings. The van der Waals surface area contributed by atoms with Crippen LogP contribution in [-0.2, 0) is 4.74 Å². The number of carbonyl (C=O) groups is 1. The van der Waals surface area contributed by atoms with Gasteiger partial charge in [0.15, 0.2) is 5.78 Å². The summed E-state index contributed by atoms with van der Waals surface area (Å²) in [5, 5.41) is 0. The van der Waals surface area contributed by atoms with Crippen molar-refractivity contribution < 1.29 is 9.53 Å². The molecule has 1 rings (SSSR count). The van der Waals surface area contributed by atoms with Gasteiger partial charge in [0.05, 0.1) is 0 Å². The highest BCUT2D eigenvalue weighted by atomic mass is 16.5. The van der Waals surface area contributed by atoms with E-state index < -0.39 is 0 Å². The van der Waals surface area contributed by atoms with Crippen LogP contribution in [-0.4, -0.2) is 44.5 Å². The van der Waals surface area contributed by atoms with Crippen LogP contribution in [0.2, 0.25) is 0 Å². The number of aryl methyl sites for hydroxylation is 1. The van der Waals surface area contributed by atoms with Gasteiger partial charge in [0.25, 0.3) is 0 Å². The van der Waals surface area contributed by atoms with Crippen LogP contribution in [0.15, 0.2) is 24.3 Å². The average molecular weight is 249 g/mol. The fourth-order valence-corrected chi connectivity index (χ4v) is 1.90. The number of rotatable bonds is 8. The number of benzene rings is 1. The molecular weight excluding hydrogens is 226 g/mol. The second-order valence-corrected chi connectivity index (χ2v) is 4.64. The van der Waals surface area contributed by atoms with Crippen molar-refractivity contribution >= 4 is 5.78 Å². The van der Waals surface area contributed by atoms with E-state index in [4.69, 9.17) is 4.74 Å². The summed E-state index contributed by atoms with van der Waals surface area (Å²) < 4.78 is 5.01. The van der Waals surface area contributed by atoms with Crippen LogP contribution < -0.4 is 0 Å². The maximum Gasteiger partial charge on any atom is 0.164 e. The van der Waals surface area contributed by atoms with Gasteiger partial charge in [-0.2, -0.15) is 0 Å². The lowest BCUT2D eigenvalue weighted by molar-refractivity contribution is 0.0966. The maximum atomic E-state index is 12.0. The van der Waals surface area contributed by atoms with Crippen molar-refractivity contribution in [3.05, 3.63) is 35.4 Å². The lowest BCUT2D eigenvalue weighted by Gasteiger charge is -2.15. The minimum atomic E-state index is 0.228. The van der Waals surface area contributed by atoms with Crippen LogP contribution >= 0.6 is 0 Å². The van der Waals surface area contributed by atoms with Crippen molar-refractivity contribution in [2.24, 2.45) is 0 Å². The zero-order chi connectivity index (χ0) is 13.4. The van der Waals surface area contributed by atoms with Crippen molar-refractivity contribution in [3.8, 4) is 0 Å². The summed E-state index contributed by atoms with van der Waals surface area (Å²) in [5.74, 6) is 0.228.